The van der Waals surface area contributed by atoms with Crippen molar-refractivity contribution in [3.8, 4) is 0 Å². The van der Waals surface area contributed by atoms with Gasteiger partial charge in [-0.05, 0) is 6.92 Å². The van der Waals surface area contributed by atoms with Gasteiger partial charge in [-0.15, -0.1) is 0 Å². The van der Waals surface area contributed by atoms with Gasteiger partial charge in [0, 0.05) is 14.1 Å². The number of nitrogens with zero attached hydrogens (tertiary/aromatic N) is 3. The van der Waals surface area contributed by atoms with E-state index in [1.807, 2.05) is 0 Å². The summed E-state index contributed by atoms with van der Waals surface area (Å²) in [5.41, 5.74) is -0.179. The number of anilines is 1. The Morgan fingerprint density at radius 2 is 2.17 bits per heavy atom. The first-order valence-electron chi connectivity index (χ1n) is 5.11. The van der Waals surface area contributed by atoms with Crippen molar-refractivity contribution in [2.24, 2.45) is 0 Å². The van der Waals surface area contributed by atoms with Crippen LogP contribution in [0.5, 0.6) is 0 Å². The van der Waals surface area contributed by atoms with E-state index in [-0.39, 0.29) is 22.6 Å². The lowest BCUT2D eigenvalue weighted by Crippen LogP contribution is -2.36. The summed E-state index contributed by atoms with van der Waals surface area (Å²) in [5, 5.41) is 13.4. The molecule has 7 nitrogen and oxygen atoms in total. The van der Waals surface area contributed by atoms with Crippen molar-refractivity contribution >= 4 is 29.0 Å². The predicted octanol–water partition coefficient (Wildman–Crippen LogP) is 1.53. The van der Waals surface area contributed by atoms with E-state index >= 15 is 0 Å². The second-order valence-corrected chi connectivity index (χ2v) is 4.28. The lowest BCUT2D eigenvalue weighted by Gasteiger charge is -2.18. The monoisotopic (exact) mass is 272 g/mol. The molecule has 0 spiro atoms. The highest BCUT2D eigenvalue weighted by molar-refractivity contribution is 6.29. The van der Waals surface area contributed by atoms with Gasteiger partial charge in [0.25, 0.3) is 5.69 Å². The van der Waals surface area contributed by atoms with Gasteiger partial charge in [0.2, 0.25) is 5.91 Å². The fourth-order valence-electron chi connectivity index (χ4n) is 1.33. The van der Waals surface area contributed by atoms with Gasteiger partial charge >= 0.3 is 0 Å². The van der Waals surface area contributed by atoms with Gasteiger partial charge in [0.05, 0.1) is 17.1 Å². The van der Waals surface area contributed by atoms with Crippen LogP contribution >= 0.6 is 11.6 Å². The Morgan fingerprint density at radius 3 is 2.67 bits per heavy atom. The van der Waals surface area contributed by atoms with Crippen LogP contribution in [0, 0.1) is 10.1 Å². The van der Waals surface area contributed by atoms with Crippen LogP contribution in [-0.4, -0.2) is 40.9 Å². The fraction of sp³-hybridized carbons (Fsp3) is 0.400. The molecule has 1 aromatic heterocycles. The highest BCUT2D eigenvalue weighted by Gasteiger charge is 2.17. The van der Waals surface area contributed by atoms with Gasteiger partial charge in [-0.1, -0.05) is 11.6 Å². The zero-order valence-electron chi connectivity index (χ0n) is 10.2. The van der Waals surface area contributed by atoms with Crippen LogP contribution in [0.4, 0.5) is 11.5 Å². The smallest absolute Gasteiger partial charge is 0.276 e. The molecule has 0 bridgehead atoms. The number of hydrogen-bond donors (Lipinski definition) is 1. The van der Waals surface area contributed by atoms with Crippen LogP contribution in [-0.2, 0) is 4.79 Å². The molecule has 0 radical (unpaired) electrons. The third-order valence-corrected chi connectivity index (χ3v) is 2.36. The largest absolute Gasteiger partial charge is 0.358 e. The third-order valence-electron chi connectivity index (χ3n) is 2.17. The van der Waals surface area contributed by atoms with Gasteiger partial charge in [-0.25, -0.2) is 4.98 Å². The van der Waals surface area contributed by atoms with Gasteiger partial charge in [-0.2, -0.15) is 0 Å². The normalized spacial score (nSPS) is 11.8. The molecule has 0 aliphatic heterocycles. The lowest BCUT2D eigenvalue weighted by molar-refractivity contribution is -0.384. The molecule has 1 unspecified atom stereocenters. The van der Waals surface area contributed by atoms with Gasteiger partial charge in [-0.3, -0.25) is 14.9 Å². The molecule has 98 valence electrons. The Morgan fingerprint density at radius 1 is 1.56 bits per heavy atom. The molecule has 1 aromatic rings. The van der Waals surface area contributed by atoms with E-state index in [1.165, 1.54) is 11.0 Å². The zero-order valence-corrected chi connectivity index (χ0v) is 10.9. The second-order valence-electron chi connectivity index (χ2n) is 3.89. The maximum absolute atomic E-state index is 11.6. The van der Waals surface area contributed by atoms with Crippen LogP contribution in [0.2, 0.25) is 5.15 Å². The first-order valence-corrected chi connectivity index (χ1v) is 5.48. The number of pyridine rings is 1. The molecule has 1 N–H and O–H groups in total. The third kappa shape index (κ3) is 3.56. The molecule has 0 aliphatic rings. The average Bonchev–Trinajstić information content (AvgIpc) is 2.26. The number of likely N-dealkylation sites (N-methyl/N-ethyl adjacent to an activating group) is 1. The quantitative estimate of drug-likeness (QED) is 0.510. The molecule has 0 saturated heterocycles. The zero-order chi connectivity index (χ0) is 13.9. The van der Waals surface area contributed by atoms with E-state index in [9.17, 15) is 14.9 Å². The van der Waals surface area contributed by atoms with Crippen molar-refractivity contribution in [2.45, 2.75) is 13.0 Å². The summed E-state index contributed by atoms with van der Waals surface area (Å²) in [7, 11) is 3.24. The Labute approximate surface area is 109 Å². The molecule has 0 aliphatic carbocycles. The number of carbonyl (C=O) groups excluding carboxylic acids is 1. The number of rotatable bonds is 4. The van der Waals surface area contributed by atoms with Crippen molar-refractivity contribution in [3.63, 3.8) is 0 Å². The van der Waals surface area contributed by atoms with Crippen molar-refractivity contribution in [1.82, 2.24) is 9.88 Å². The van der Waals surface area contributed by atoms with E-state index in [4.69, 9.17) is 11.6 Å². The molecule has 8 heteroatoms. The minimum atomic E-state index is -0.572. The Balaban J connectivity index is 2.91. The van der Waals surface area contributed by atoms with Crippen molar-refractivity contribution in [3.05, 3.63) is 27.4 Å². The standard InChI is InChI=1S/C10H13ClN4O3/c1-6(10(16)14(2)3)12-9-5-7(15(17)18)4-8(11)13-9/h4-6H,1-3H3,(H,12,13). The Bertz CT molecular complexity index is 478. The molecule has 18 heavy (non-hydrogen) atoms. The van der Waals surface area contributed by atoms with Crippen LogP contribution in [0.25, 0.3) is 0 Å². The minimum Gasteiger partial charge on any atom is -0.358 e. The topological polar surface area (TPSA) is 88.4 Å². The van der Waals surface area contributed by atoms with Crippen molar-refractivity contribution < 1.29 is 9.72 Å². The first kappa shape index (κ1) is 14.2. The van der Waals surface area contributed by atoms with E-state index in [0.717, 1.165) is 6.07 Å². The van der Waals surface area contributed by atoms with Crippen molar-refractivity contribution in [1.29, 1.82) is 0 Å². The Hall–Kier alpha value is -1.89. The molecule has 0 aromatic carbocycles. The van der Waals surface area contributed by atoms with Gasteiger partial charge < -0.3 is 10.2 Å². The lowest BCUT2D eigenvalue weighted by atomic mass is 10.3. The molecular weight excluding hydrogens is 260 g/mol. The number of nitrogens with one attached hydrogen (secondary N) is 1. The van der Waals surface area contributed by atoms with E-state index in [1.54, 1.807) is 21.0 Å². The summed E-state index contributed by atoms with van der Waals surface area (Å²) < 4.78 is 0. The molecule has 0 fully saturated rings. The summed E-state index contributed by atoms with van der Waals surface area (Å²) in [6.07, 6.45) is 0. The van der Waals surface area contributed by atoms with E-state index < -0.39 is 11.0 Å². The number of halogens is 1. The molecular formula is C10H13ClN4O3. The molecule has 1 amide bonds. The number of amides is 1. The van der Waals surface area contributed by atoms with Crippen LogP contribution < -0.4 is 5.32 Å². The predicted molar refractivity (Wildman–Crippen MR) is 67.7 cm³/mol. The summed E-state index contributed by atoms with van der Waals surface area (Å²) in [5.74, 6) is 0.0244. The molecule has 0 saturated carbocycles. The first-order chi connectivity index (χ1) is 8.31. The summed E-state index contributed by atoms with van der Waals surface area (Å²) in [6, 6.07) is 1.82. The molecule has 1 rings (SSSR count). The van der Waals surface area contributed by atoms with Gasteiger partial charge in [0.1, 0.15) is 17.0 Å². The van der Waals surface area contributed by atoms with Crippen molar-refractivity contribution in [2.75, 3.05) is 19.4 Å². The second kappa shape index (κ2) is 5.63. The fourth-order valence-corrected chi connectivity index (χ4v) is 1.54. The number of carbonyl (C=O) groups is 1. The maximum Gasteiger partial charge on any atom is 0.276 e. The Kier molecular flexibility index (Phi) is 4.43. The molecule has 1 heterocycles. The maximum atomic E-state index is 11.6. The van der Waals surface area contributed by atoms with Crippen LogP contribution in [0.3, 0.4) is 0 Å². The molecule has 1 atom stereocenters. The van der Waals surface area contributed by atoms with Gasteiger partial charge in [0.15, 0.2) is 0 Å². The SMILES string of the molecule is CC(Nc1cc([N+](=O)[O-])cc(Cl)n1)C(=O)N(C)C. The number of hydrogen-bond acceptors (Lipinski definition) is 5. The summed E-state index contributed by atoms with van der Waals surface area (Å²) in [6.45, 7) is 1.64. The van der Waals surface area contributed by atoms with E-state index in [2.05, 4.69) is 10.3 Å². The number of aromatic nitrogens is 1. The summed E-state index contributed by atoms with van der Waals surface area (Å²) in [4.78, 5) is 27.0. The summed E-state index contributed by atoms with van der Waals surface area (Å²) >= 11 is 5.67. The highest BCUT2D eigenvalue weighted by Crippen LogP contribution is 2.21. The number of nitro groups is 1. The van der Waals surface area contributed by atoms with Crippen LogP contribution in [0.15, 0.2) is 12.1 Å². The van der Waals surface area contributed by atoms with Crippen LogP contribution in [0.1, 0.15) is 6.92 Å². The average molecular weight is 273 g/mol. The van der Waals surface area contributed by atoms with E-state index in [0.29, 0.717) is 0 Å². The highest BCUT2D eigenvalue weighted by atomic mass is 35.5. The minimum absolute atomic E-state index is 0.00352.